The van der Waals surface area contributed by atoms with E-state index in [1.165, 1.54) is 18.1 Å². The minimum Gasteiger partial charge on any atom is -0.493 e. The molecule has 26 heavy (non-hydrogen) atoms. The van der Waals surface area contributed by atoms with E-state index >= 15 is 0 Å². The lowest BCUT2D eigenvalue weighted by Gasteiger charge is -2.23. The molecule has 2 unspecified atom stereocenters. The largest absolute Gasteiger partial charge is 0.493 e. The van der Waals surface area contributed by atoms with Gasteiger partial charge in [0.1, 0.15) is 6.61 Å². The van der Waals surface area contributed by atoms with Crippen molar-refractivity contribution >= 4 is 0 Å². The van der Waals surface area contributed by atoms with Gasteiger partial charge in [0.05, 0.1) is 13.2 Å². The molecule has 0 N–H and O–H groups in total. The molecule has 0 radical (unpaired) electrons. The minimum atomic E-state index is -0.979. The van der Waals surface area contributed by atoms with Crippen molar-refractivity contribution in [2.45, 2.75) is 39.5 Å². The lowest BCUT2D eigenvalue weighted by Crippen LogP contribution is -2.15. The topological polar surface area (TPSA) is 18.5 Å². The standard InChI is InChI=1S/C22H28F2O2/c1-4-20(23)22(24)21(26-5-2)15-25-14-17-8-12-19(13-9-17)18-10-6-16(3)7-11-18/h4,6-8,10-12,17,19H,5,9,13-15H2,1-3H3/b20-4+,22-21-. The Morgan fingerprint density at radius 1 is 1.15 bits per heavy atom. The normalized spacial score (nSPS) is 21.5. The van der Waals surface area contributed by atoms with Crippen LogP contribution in [0.15, 0.2) is 59.9 Å². The smallest absolute Gasteiger partial charge is 0.198 e. The van der Waals surface area contributed by atoms with Gasteiger partial charge in [0.15, 0.2) is 17.4 Å². The molecule has 2 nitrogen and oxygen atoms in total. The third kappa shape index (κ3) is 5.80. The number of halogens is 2. The highest BCUT2D eigenvalue weighted by Gasteiger charge is 2.18. The first kappa shape index (κ1) is 20.4. The van der Waals surface area contributed by atoms with Crippen molar-refractivity contribution in [1.82, 2.24) is 0 Å². The van der Waals surface area contributed by atoms with Crippen LogP contribution in [-0.2, 0) is 9.47 Å². The summed E-state index contributed by atoms with van der Waals surface area (Å²) in [7, 11) is 0. The second-order valence-electron chi connectivity index (χ2n) is 6.56. The molecule has 1 aliphatic carbocycles. The molecule has 0 bridgehead atoms. The van der Waals surface area contributed by atoms with Gasteiger partial charge in [-0.25, -0.2) is 4.39 Å². The van der Waals surface area contributed by atoms with Gasteiger partial charge in [-0.2, -0.15) is 4.39 Å². The van der Waals surface area contributed by atoms with Crippen LogP contribution in [0.5, 0.6) is 0 Å². The van der Waals surface area contributed by atoms with Crippen LogP contribution >= 0.6 is 0 Å². The average molecular weight is 362 g/mol. The quantitative estimate of drug-likeness (QED) is 0.314. The molecule has 1 aliphatic rings. The van der Waals surface area contributed by atoms with Crippen molar-refractivity contribution in [3.63, 3.8) is 0 Å². The predicted molar refractivity (Wildman–Crippen MR) is 101 cm³/mol. The van der Waals surface area contributed by atoms with Crippen molar-refractivity contribution in [3.05, 3.63) is 71.0 Å². The third-order valence-electron chi connectivity index (χ3n) is 4.56. The van der Waals surface area contributed by atoms with Crippen LogP contribution < -0.4 is 0 Å². The molecule has 0 spiro atoms. The van der Waals surface area contributed by atoms with Crippen LogP contribution in [0.4, 0.5) is 8.78 Å². The zero-order valence-corrected chi connectivity index (χ0v) is 15.8. The summed E-state index contributed by atoms with van der Waals surface area (Å²) in [5.74, 6) is -1.26. The second-order valence-corrected chi connectivity index (χ2v) is 6.56. The van der Waals surface area contributed by atoms with E-state index in [0.717, 1.165) is 18.9 Å². The van der Waals surface area contributed by atoms with Crippen molar-refractivity contribution in [3.8, 4) is 0 Å². The van der Waals surface area contributed by atoms with Gasteiger partial charge in [0.25, 0.3) is 0 Å². The number of allylic oxidation sites excluding steroid dienone is 4. The fourth-order valence-electron chi connectivity index (χ4n) is 3.01. The zero-order chi connectivity index (χ0) is 18.9. The number of hydrogen-bond acceptors (Lipinski definition) is 2. The van der Waals surface area contributed by atoms with E-state index in [2.05, 4.69) is 43.3 Å². The summed E-state index contributed by atoms with van der Waals surface area (Å²) in [6.07, 6.45) is 7.53. The van der Waals surface area contributed by atoms with Crippen LogP contribution in [-0.4, -0.2) is 19.8 Å². The molecule has 4 heteroatoms. The Hall–Kier alpha value is -1.94. The summed E-state index contributed by atoms with van der Waals surface area (Å²) in [4.78, 5) is 0. The summed E-state index contributed by atoms with van der Waals surface area (Å²) in [5.41, 5.74) is 2.59. The van der Waals surface area contributed by atoms with Gasteiger partial charge in [-0.3, -0.25) is 0 Å². The lowest BCUT2D eigenvalue weighted by molar-refractivity contribution is 0.0794. The highest BCUT2D eigenvalue weighted by atomic mass is 19.2. The third-order valence-corrected chi connectivity index (χ3v) is 4.56. The van der Waals surface area contributed by atoms with Gasteiger partial charge >= 0.3 is 0 Å². The van der Waals surface area contributed by atoms with E-state index in [-0.39, 0.29) is 24.9 Å². The molecule has 1 aromatic carbocycles. The van der Waals surface area contributed by atoms with E-state index in [0.29, 0.717) is 12.5 Å². The van der Waals surface area contributed by atoms with Crippen molar-refractivity contribution < 1.29 is 18.3 Å². The van der Waals surface area contributed by atoms with E-state index in [4.69, 9.17) is 9.47 Å². The van der Waals surface area contributed by atoms with E-state index < -0.39 is 11.7 Å². The molecule has 0 aromatic heterocycles. The van der Waals surface area contributed by atoms with Crippen molar-refractivity contribution in [2.75, 3.05) is 19.8 Å². The number of ether oxygens (including phenoxy) is 2. The molecule has 2 atom stereocenters. The Kier molecular flexibility index (Phi) is 8.05. The molecular formula is C22H28F2O2. The first-order chi connectivity index (χ1) is 12.5. The molecule has 0 heterocycles. The number of rotatable bonds is 8. The molecule has 1 aromatic rings. The Morgan fingerprint density at radius 3 is 2.46 bits per heavy atom. The van der Waals surface area contributed by atoms with E-state index in [9.17, 15) is 8.78 Å². The highest BCUT2D eigenvalue weighted by molar-refractivity contribution is 5.28. The van der Waals surface area contributed by atoms with Gasteiger partial charge in [-0.05, 0) is 45.3 Å². The minimum absolute atomic E-state index is 0.0628. The first-order valence-corrected chi connectivity index (χ1v) is 9.21. The van der Waals surface area contributed by atoms with Crippen LogP contribution in [0.2, 0.25) is 0 Å². The molecule has 0 saturated carbocycles. The van der Waals surface area contributed by atoms with Gasteiger partial charge in [0.2, 0.25) is 0 Å². The maximum Gasteiger partial charge on any atom is 0.198 e. The summed E-state index contributed by atoms with van der Waals surface area (Å²) in [6.45, 7) is 5.94. The predicted octanol–water partition coefficient (Wildman–Crippen LogP) is 6.15. The highest BCUT2D eigenvalue weighted by Crippen LogP contribution is 2.30. The second kappa shape index (κ2) is 10.3. The molecule has 0 fully saturated rings. The summed E-state index contributed by atoms with van der Waals surface area (Å²) >= 11 is 0. The number of benzene rings is 1. The Morgan fingerprint density at radius 2 is 1.88 bits per heavy atom. The van der Waals surface area contributed by atoms with Crippen molar-refractivity contribution in [2.24, 2.45) is 5.92 Å². The van der Waals surface area contributed by atoms with Gasteiger partial charge in [-0.15, -0.1) is 0 Å². The molecular weight excluding hydrogens is 334 g/mol. The maximum atomic E-state index is 13.9. The van der Waals surface area contributed by atoms with Gasteiger partial charge in [-0.1, -0.05) is 42.0 Å². The van der Waals surface area contributed by atoms with Crippen molar-refractivity contribution in [1.29, 1.82) is 0 Å². The average Bonchev–Trinajstić information content (AvgIpc) is 2.67. The molecule has 0 amide bonds. The lowest BCUT2D eigenvalue weighted by atomic mass is 9.84. The Labute approximate surface area is 155 Å². The molecule has 142 valence electrons. The van der Waals surface area contributed by atoms with Crippen LogP contribution in [0.25, 0.3) is 0 Å². The number of hydrogen-bond donors (Lipinski definition) is 0. The van der Waals surface area contributed by atoms with Gasteiger partial charge < -0.3 is 9.47 Å². The Balaban J connectivity index is 1.87. The molecule has 0 saturated heterocycles. The number of aryl methyl sites for hydroxylation is 1. The molecule has 0 aliphatic heterocycles. The molecule has 2 rings (SSSR count). The maximum absolute atomic E-state index is 13.9. The fraction of sp³-hybridized carbons (Fsp3) is 0.455. The van der Waals surface area contributed by atoms with Crippen LogP contribution in [0.3, 0.4) is 0 Å². The monoisotopic (exact) mass is 362 g/mol. The Bertz CT molecular complexity index is 659. The van der Waals surface area contributed by atoms with E-state index in [1.54, 1.807) is 6.92 Å². The van der Waals surface area contributed by atoms with Crippen LogP contribution in [0.1, 0.15) is 43.7 Å². The van der Waals surface area contributed by atoms with Gasteiger partial charge in [0, 0.05) is 11.8 Å². The fourth-order valence-corrected chi connectivity index (χ4v) is 3.01. The summed E-state index contributed by atoms with van der Waals surface area (Å²) in [6, 6.07) is 8.63. The SMILES string of the molecule is C/C=C(F)\C(F)=C(/COCC1C=CC(c2ccc(C)cc2)CC1)OCC. The first-order valence-electron chi connectivity index (χ1n) is 9.21. The summed E-state index contributed by atoms with van der Waals surface area (Å²) in [5, 5.41) is 0. The van der Waals surface area contributed by atoms with E-state index in [1.807, 2.05) is 0 Å². The zero-order valence-electron chi connectivity index (χ0n) is 15.8. The van der Waals surface area contributed by atoms with Crippen LogP contribution in [0, 0.1) is 12.8 Å². The summed E-state index contributed by atoms with van der Waals surface area (Å²) < 4.78 is 38.1.